The number of carbonyl (C=O) groups excluding carboxylic acids is 2. The number of nitrogens with one attached hydrogen (secondary N) is 1. The summed E-state index contributed by atoms with van der Waals surface area (Å²) in [4.78, 5) is 23.5. The Morgan fingerprint density at radius 3 is 2.67 bits per heavy atom. The number of amides is 2. The molecule has 1 aromatic rings. The molecule has 5 nitrogen and oxygen atoms in total. The van der Waals surface area contributed by atoms with Gasteiger partial charge in [-0.2, -0.15) is 5.10 Å². The quantitative estimate of drug-likeness (QED) is 0.899. The van der Waals surface area contributed by atoms with Crippen LogP contribution in [0.5, 0.6) is 0 Å². The second kappa shape index (κ2) is 7.02. The van der Waals surface area contributed by atoms with Gasteiger partial charge in [0.2, 0.25) is 5.91 Å². The number of nitrogens with zero attached hydrogens (tertiary/aromatic N) is 2. The molecular weight excluding hydrogens is 266 g/mol. The molecule has 0 unspecified atom stereocenters. The second-order valence-electron chi connectivity index (χ2n) is 5.19. The number of rotatable bonds is 5. The molecular formula is C16H21N3O2. The van der Waals surface area contributed by atoms with E-state index < -0.39 is 0 Å². The number of hydrogen-bond acceptors (Lipinski definition) is 3. The lowest BCUT2D eigenvalue weighted by Crippen LogP contribution is -2.39. The van der Waals surface area contributed by atoms with Gasteiger partial charge in [0.05, 0.1) is 0 Å². The molecule has 0 radical (unpaired) electrons. The summed E-state index contributed by atoms with van der Waals surface area (Å²) >= 11 is 0. The lowest BCUT2D eigenvalue weighted by Gasteiger charge is -2.20. The minimum Gasteiger partial charge on any atom is -0.350 e. The fourth-order valence-electron chi connectivity index (χ4n) is 2.37. The summed E-state index contributed by atoms with van der Waals surface area (Å²) in [5, 5.41) is 8.20. The van der Waals surface area contributed by atoms with Crippen molar-refractivity contribution in [2.45, 2.75) is 32.1 Å². The summed E-state index contributed by atoms with van der Waals surface area (Å²) in [6.45, 7) is 2.68. The van der Waals surface area contributed by atoms with Crippen molar-refractivity contribution in [2.24, 2.45) is 5.10 Å². The molecule has 0 fully saturated rings. The number of hydrogen-bond donors (Lipinski definition) is 1. The van der Waals surface area contributed by atoms with Gasteiger partial charge in [0, 0.05) is 32.4 Å². The molecule has 5 heteroatoms. The highest BCUT2D eigenvalue weighted by molar-refractivity contribution is 6.39. The number of benzene rings is 1. The molecule has 0 saturated carbocycles. The summed E-state index contributed by atoms with van der Waals surface area (Å²) in [5.41, 5.74) is 1.65. The van der Waals surface area contributed by atoms with Crippen molar-refractivity contribution in [3.63, 3.8) is 0 Å². The van der Waals surface area contributed by atoms with E-state index in [1.54, 1.807) is 7.05 Å². The van der Waals surface area contributed by atoms with Gasteiger partial charge in [-0.3, -0.25) is 9.59 Å². The average Bonchev–Trinajstić information content (AvgIpc) is 2.51. The normalized spacial score (nSPS) is 16.4. The van der Waals surface area contributed by atoms with Gasteiger partial charge >= 0.3 is 0 Å². The third kappa shape index (κ3) is 3.90. The van der Waals surface area contributed by atoms with Gasteiger partial charge in [-0.1, -0.05) is 37.3 Å². The summed E-state index contributed by atoms with van der Waals surface area (Å²) in [6.07, 6.45) is 1.71. The maximum atomic E-state index is 12.1. The fraction of sp³-hybridized carbons (Fsp3) is 0.438. The fourth-order valence-corrected chi connectivity index (χ4v) is 2.37. The Bertz CT molecular complexity index is 540. The molecule has 0 spiro atoms. The highest BCUT2D eigenvalue weighted by Gasteiger charge is 2.22. The maximum absolute atomic E-state index is 12.1. The van der Waals surface area contributed by atoms with Gasteiger partial charge in [0.1, 0.15) is 5.71 Å². The molecule has 2 amide bonds. The zero-order chi connectivity index (χ0) is 15.2. The van der Waals surface area contributed by atoms with E-state index in [0.717, 1.165) is 6.42 Å². The van der Waals surface area contributed by atoms with Crippen LogP contribution in [0.3, 0.4) is 0 Å². The van der Waals surface area contributed by atoms with Crippen LogP contribution in [0.25, 0.3) is 0 Å². The SMILES string of the molecule is CC[C@H](CNC(=O)C1=NN(C)C(=O)CC1)c1ccccc1. The molecule has 1 aliphatic rings. The summed E-state index contributed by atoms with van der Waals surface area (Å²) < 4.78 is 0. The molecule has 1 N–H and O–H groups in total. The molecule has 1 aliphatic heterocycles. The Morgan fingerprint density at radius 2 is 2.05 bits per heavy atom. The third-order valence-corrected chi connectivity index (χ3v) is 3.74. The molecule has 1 heterocycles. The van der Waals surface area contributed by atoms with Gasteiger partial charge in [0.25, 0.3) is 5.91 Å². The van der Waals surface area contributed by atoms with Crippen molar-refractivity contribution in [1.29, 1.82) is 0 Å². The topological polar surface area (TPSA) is 61.8 Å². The van der Waals surface area contributed by atoms with Gasteiger partial charge in [-0.25, -0.2) is 5.01 Å². The predicted molar refractivity (Wildman–Crippen MR) is 81.9 cm³/mol. The van der Waals surface area contributed by atoms with E-state index in [-0.39, 0.29) is 11.8 Å². The lowest BCUT2D eigenvalue weighted by molar-refractivity contribution is -0.130. The second-order valence-corrected chi connectivity index (χ2v) is 5.19. The van der Waals surface area contributed by atoms with E-state index in [2.05, 4.69) is 29.5 Å². The van der Waals surface area contributed by atoms with Crippen molar-refractivity contribution < 1.29 is 9.59 Å². The molecule has 1 atom stereocenters. The van der Waals surface area contributed by atoms with E-state index in [1.807, 2.05) is 18.2 Å². The summed E-state index contributed by atoms with van der Waals surface area (Å²) in [5.74, 6) is 0.0599. The predicted octanol–water partition coefficient (Wildman–Crippen LogP) is 1.90. The zero-order valence-electron chi connectivity index (χ0n) is 12.5. The smallest absolute Gasteiger partial charge is 0.267 e. The van der Waals surface area contributed by atoms with Gasteiger partial charge < -0.3 is 5.32 Å². The Balaban J connectivity index is 1.94. The maximum Gasteiger partial charge on any atom is 0.267 e. The highest BCUT2D eigenvalue weighted by atomic mass is 16.2. The Morgan fingerprint density at radius 1 is 1.33 bits per heavy atom. The van der Waals surface area contributed by atoms with E-state index >= 15 is 0 Å². The van der Waals surface area contributed by atoms with Crippen LogP contribution in [0.2, 0.25) is 0 Å². The van der Waals surface area contributed by atoms with Crippen LogP contribution < -0.4 is 5.32 Å². The van der Waals surface area contributed by atoms with E-state index in [1.165, 1.54) is 10.6 Å². The average molecular weight is 287 g/mol. The standard InChI is InChI=1S/C16H21N3O2/c1-3-12(13-7-5-4-6-8-13)11-17-16(21)14-9-10-15(20)19(2)18-14/h4-8,12H,3,9-11H2,1-2H3,(H,17,21)/t12-/m1/s1. The van der Waals surface area contributed by atoms with Gasteiger partial charge in [-0.15, -0.1) is 0 Å². The summed E-state index contributed by atoms with van der Waals surface area (Å²) in [6, 6.07) is 10.1. The molecule has 0 aromatic heterocycles. The lowest BCUT2D eigenvalue weighted by atomic mass is 9.96. The number of carbonyl (C=O) groups is 2. The zero-order valence-corrected chi connectivity index (χ0v) is 12.5. The molecule has 0 saturated heterocycles. The van der Waals surface area contributed by atoms with Gasteiger partial charge in [0.15, 0.2) is 0 Å². The highest BCUT2D eigenvalue weighted by Crippen LogP contribution is 2.18. The molecule has 1 aromatic carbocycles. The van der Waals surface area contributed by atoms with Crippen LogP contribution >= 0.6 is 0 Å². The molecule has 21 heavy (non-hydrogen) atoms. The van der Waals surface area contributed by atoms with Crippen molar-refractivity contribution in [3.05, 3.63) is 35.9 Å². The van der Waals surface area contributed by atoms with Crippen molar-refractivity contribution in [1.82, 2.24) is 10.3 Å². The van der Waals surface area contributed by atoms with Crippen molar-refractivity contribution in [2.75, 3.05) is 13.6 Å². The van der Waals surface area contributed by atoms with E-state index in [0.29, 0.717) is 31.0 Å². The van der Waals surface area contributed by atoms with Crippen molar-refractivity contribution in [3.8, 4) is 0 Å². The first-order valence-corrected chi connectivity index (χ1v) is 7.29. The molecule has 2 rings (SSSR count). The monoisotopic (exact) mass is 287 g/mol. The summed E-state index contributed by atoms with van der Waals surface area (Å²) in [7, 11) is 1.58. The van der Waals surface area contributed by atoms with Crippen LogP contribution in [0.15, 0.2) is 35.4 Å². The van der Waals surface area contributed by atoms with E-state index in [9.17, 15) is 9.59 Å². The third-order valence-electron chi connectivity index (χ3n) is 3.74. The largest absolute Gasteiger partial charge is 0.350 e. The van der Waals surface area contributed by atoms with Gasteiger partial charge in [-0.05, 0) is 12.0 Å². The Labute approximate surface area is 125 Å². The minimum atomic E-state index is -0.177. The molecule has 0 bridgehead atoms. The van der Waals surface area contributed by atoms with Crippen LogP contribution in [0.4, 0.5) is 0 Å². The van der Waals surface area contributed by atoms with Crippen molar-refractivity contribution >= 4 is 17.5 Å². The van der Waals surface area contributed by atoms with E-state index in [4.69, 9.17) is 0 Å². The molecule has 0 aliphatic carbocycles. The Hall–Kier alpha value is -2.17. The first-order valence-electron chi connectivity index (χ1n) is 7.29. The molecule has 112 valence electrons. The number of hydrazone groups is 1. The van der Waals surface area contributed by atoms with Crippen LogP contribution in [-0.4, -0.2) is 36.1 Å². The van der Waals surface area contributed by atoms with Crippen LogP contribution in [-0.2, 0) is 9.59 Å². The van der Waals surface area contributed by atoms with Crippen LogP contribution in [0, 0.1) is 0 Å². The minimum absolute atomic E-state index is 0.0535. The van der Waals surface area contributed by atoms with Crippen LogP contribution in [0.1, 0.15) is 37.7 Å². The Kier molecular flexibility index (Phi) is 5.09. The first-order chi connectivity index (χ1) is 10.1. The first kappa shape index (κ1) is 15.2.